The molecule has 78 valence electrons. The number of carbonyl (C=O) groups excluding carboxylic acids is 1. The number of hydrogen-bond donors (Lipinski definition) is 0. The Hall–Kier alpha value is -0.850. The average Bonchev–Trinajstić information content (AvgIpc) is 2.15. The maximum Gasteiger partial charge on any atom is 0.155 e. The van der Waals surface area contributed by atoms with Crippen molar-refractivity contribution >= 4 is 5.78 Å². The van der Waals surface area contributed by atoms with Crippen molar-refractivity contribution in [1.82, 2.24) is 0 Å². The fourth-order valence-electron chi connectivity index (χ4n) is 1.72. The monoisotopic (exact) mass is 192 g/mol. The van der Waals surface area contributed by atoms with Crippen LogP contribution in [-0.2, 0) is 4.79 Å². The molecule has 1 aliphatic rings. The minimum absolute atomic E-state index is 0.266. The molecule has 0 aliphatic heterocycles. The highest BCUT2D eigenvalue weighted by atomic mass is 16.1. The third kappa shape index (κ3) is 3.91. The van der Waals surface area contributed by atoms with Crippen LogP contribution in [0.5, 0.6) is 0 Å². The zero-order valence-electron chi connectivity index (χ0n) is 9.20. The standard InChI is InChI=1S/C13H20O/c1-11(2)12-7-5-3-4-6-8-13(14)10-9-12/h3-4,9-12H,5-8H2,1-2H3/b4-3-,10-9-. The van der Waals surface area contributed by atoms with Crippen LogP contribution in [0.4, 0.5) is 0 Å². The topological polar surface area (TPSA) is 17.1 Å². The van der Waals surface area contributed by atoms with E-state index in [1.54, 1.807) is 6.08 Å². The number of ketones is 1. The molecule has 0 aromatic heterocycles. The van der Waals surface area contributed by atoms with Crippen LogP contribution in [0.25, 0.3) is 0 Å². The average molecular weight is 192 g/mol. The Kier molecular flexibility index (Phi) is 4.64. The van der Waals surface area contributed by atoms with E-state index in [1.165, 1.54) is 0 Å². The molecule has 0 spiro atoms. The van der Waals surface area contributed by atoms with E-state index in [1.807, 2.05) is 0 Å². The summed E-state index contributed by atoms with van der Waals surface area (Å²) in [6.45, 7) is 4.43. The van der Waals surface area contributed by atoms with Crippen molar-refractivity contribution in [3.63, 3.8) is 0 Å². The summed E-state index contributed by atoms with van der Waals surface area (Å²) in [7, 11) is 0. The number of rotatable bonds is 1. The first kappa shape index (κ1) is 11.2. The van der Waals surface area contributed by atoms with E-state index in [0.29, 0.717) is 18.3 Å². The molecule has 1 unspecified atom stereocenters. The van der Waals surface area contributed by atoms with Crippen LogP contribution < -0.4 is 0 Å². The van der Waals surface area contributed by atoms with Gasteiger partial charge < -0.3 is 0 Å². The van der Waals surface area contributed by atoms with Gasteiger partial charge in [-0.15, -0.1) is 0 Å². The first-order valence-corrected chi connectivity index (χ1v) is 5.56. The van der Waals surface area contributed by atoms with Gasteiger partial charge in [-0.05, 0) is 37.2 Å². The van der Waals surface area contributed by atoms with Crippen molar-refractivity contribution in [2.45, 2.75) is 39.5 Å². The molecule has 0 saturated carbocycles. The quantitative estimate of drug-likeness (QED) is 0.581. The predicted octanol–water partition coefficient (Wildman–Crippen LogP) is 3.51. The predicted molar refractivity (Wildman–Crippen MR) is 60.1 cm³/mol. The van der Waals surface area contributed by atoms with Crippen LogP contribution in [0.3, 0.4) is 0 Å². The molecule has 0 N–H and O–H groups in total. The van der Waals surface area contributed by atoms with Crippen LogP contribution in [0.2, 0.25) is 0 Å². The van der Waals surface area contributed by atoms with Crippen molar-refractivity contribution in [2.24, 2.45) is 11.8 Å². The van der Waals surface area contributed by atoms with Gasteiger partial charge in [0.15, 0.2) is 5.78 Å². The van der Waals surface area contributed by atoms with Crippen LogP contribution in [0.1, 0.15) is 39.5 Å². The molecule has 0 heterocycles. The first-order valence-electron chi connectivity index (χ1n) is 5.56. The molecule has 0 bridgehead atoms. The Morgan fingerprint density at radius 2 is 2.00 bits per heavy atom. The normalized spacial score (nSPS) is 28.8. The zero-order chi connectivity index (χ0) is 10.4. The molecule has 1 aliphatic carbocycles. The van der Waals surface area contributed by atoms with Crippen molar-refractivity contribution in [3.8, 4) is 0 Å². The van der Waals surface area contributed by atoms with Crippen molar-refractivity contribution in [3.05, 3.63) is 24.3 Å². The van der Waals surface area contributed by atoms with E-state index in [2.05, 4.69) is 32.1 Å². The summed E-state index contributed by atoms with van der Waals surface area (Å²) in [5, 5.41) is 0. The molecule has 1 nitrogen and oxygen atoms in total. The van der Waals surface area contributed by atoms with Gasteiger partial charge in [-0.3, -0.25) is 4.79 Å². The minimum atomic E-state index is 0.266. The number of allylic oxidation sites excluding steroid dienone is 4. The van der Waals surface area contributed by atoms with Crippen molar-refractivity contribution in [1.29, 1.82) is 0 Å². The van der Waals surface area contributed by atoms with E-state index < -0.39 is 0 Å². The van der Waals surface area contributed by atoms with E-state index >= 15 is 0 Å². The fourth-order valence-corrected chi connectivity index (χ4v) is 1.72. The minimum Gasteiger partial charge on any atom is -0.295 e. The lowest BCUT2D eigenvalue weighted by Gasteiger charge is -2.16. The molecule has 1 rings (SSSR count). The van der Waals surface area contributed by atoms with E-state index in [0.717, 1.165) is 19.3 Å². The van der Waals surface area contributed by atoms with Gasteiger partial charge in [-0.25, -0.2) is 0 Å². The summed E-state index contributed by atoms with van der Waals surface area (Å²) >= 11 is 0. The zero-order valence-corrected chi connectivity index (χ0v) is 9.20. The third-order valence-corrected chi connectivity index (χ3v) is 2.78. The molecule has 0 aromatic carbocycles. The highest BCUT2D eigenvalue weighted by Gasteiger charge is 2.09. The van der Waals surface area contributed by atoms with Gasteiger partial charge >= 0.3 is 0 Å². The molecule has 1 heteroatoms. The third-order valence-electron chi connectivity index (χ3n) is 2.78. The lowest BCUT2D eigenvalue weighted by atomic mass is 9.90. The van der Waals surface area contributed by atoms with E-state index in [-0.39, 0.29) is 5.78 Å². The van der Waals surface area contributed by atoms with Crippen molar-refractivity contribution in [2.75, 3.05) is 0 Å². The van der Waals surface area contributed by atoms with Gasteiger partial charge in [0, 0.05) is 6.42 Å². The Morgan fingerprint density at radius 3 is 2.71 bits per heavy atom. The van der Waals surface area contributed by atoms with Crippen LogP contribution in [0.15, 0.2) is 24.3 Å². The smallest absolute Gasteiger partial charge is 0.155 e. The fraction of sp³-hybridized carbons (Fsp3) is 0.615. The maximum atomic E-state index is 11.3. The Bertz CT molecular complexity index is 236. The molecule has 0 saturated heterocycles. The highest BCUT2D eigenvalue weighted by Crippen LogP contribution is 2.20. The first-order chi connectivity index (χ1) is 6.70. The molecular weight excluding hydrogens is 172 g/mol. The molecule has 14 heavy (non-hydrogen) atoms. The summed E-state index contributed by atoms with van der Waals surface area (Å²) in [5.74, 6) is 1.45. The molecule has 0 aromatic rings. The second-order valence-corrected chi connectivity index (χ2v) is 4.32. The largest absolute Gasteiger partial charge is 0.295 e. The summed E-state index contributed by atoms with van der Waals surface area (Å²) in [4.78, 5) is 11.3. The molecule has 0 fully saturated rings. The second-order valence-electron chi connectivity index (χ2n) is 4.32. The molecule has 0 amide bonds. The Morgan fingerprint density at radius 1 is 1.29 bits per heavy atom. The number of carbonyl (C=O) groups is 1. The van der Waals surface area contributed by atoms with Gasteiger partial charge in [0.1, 0.15) is 0 Å². The number of hydrogen-bond acceptors (Lipinski definition) is 1. The highest BCUT2D eigenvalue weighted by molar-refractivity contribution is 5.89. The summed E-state index contributed by atoms with van der Waals surface area (Å²) in [6.07, 6.45) is 12.1. The second kappa shape index (κ2) is 5.79. The van der Waals surface area contributed by atoms with Gasteiger partial charge in [0.05, 0.1) is 0 Å². The molecular formula is C13H20O. The van der Waals surface area contributed by atoms with Gasteiger partial charge in [-0.2, -0.15) is 0 Å². The van der Waals surface area contributed by atoms with Crippen LogP contribution >= 0.6 is 0 Å². The summed E-state index contributed by atoms with van der Waals surface area (Å²) in [5.41, 5.74) is 0. The SMILES string of the molecule is CC(C)C1/C=C\C(=O)CC/C=C\CC1. The Balaban J connectivity index is 2.62. The molecule has 0 radical (unpaired) electrons. The lowest BCUT2D eigenvalue weighted by molar-refractivity contribution is -0.114. The Labute approximate surface area is 86.9 Å². The van der Waals surface area contributed by atoms with Crippen LogP contribution in [-0.4, -0.2) is 5.78 Å². The van der Waals surface area contributed by atoms with E-state index in [4.69, 9.17) is 0 Å². The van der Waals surface area contributed by atoms with Crippen LogP contribution in [0, 0.1) is 11.8 Å². The van der Waals surface area contributed by atoms with E-state index in [9.17, 15) is 4.79 Å². The lowest BCUT2D eigenvalue weighted by Crippen LogP contribution is -2.06. The summed E-state index contributed by atoms with van der Waals surface area (Å²) in [6, 6.07) is 0. The van der Waals surface area contributed by atoms with Crippen molar-refractivity contribution < 1.29 is 4.79 Å². The van der Waals surface area contributed by atoms with Gasteiger partial charge in [0.25, 0.3) is 0 Å². The molecule has 1 atom stereocenters. The summed E-state index contributed by atoms with van der Waals surface area (Å²) < 4.78 is 0. The maximum absolute atomic E-state index is 11.3. The van der Waals surface area contributed by atoms with Gasteiger partial charge in [0.2, 0.25) is 0 Å². The van der Waals surface area contributed by atoms with Gasteiger partial charge in [-0.1, -0.05) is 32.1 Å².